The summed E-state index contributed by atoms with van der Waals surface area (Å²) in [7, 11) is -4.00. The molecule has 0 heterocycles. The van der Waals surface area contributed by atoms with E-state index >= 15 is 0 Å². The highest BCUT2D eigenvalue weighted by molar-refractivity contribution is 7.92. The molecule has 2 aliphatic rings. The van der Waals surface area contributed by atoms with Gasteiger partial charge < -0.3 is 21.3 Å². The maximum absolute atomic E-state index is 13.5. The number of halogens is 3. The van der Waals surface area contributed by atoms with Gasteiger partial charge in [-0.2, -0.15) is 0 Å². The lowest BCUT2D eigenvalue weighted by molar-refractivity contribution is -0.0597. The molecule has 1 amide bonds. The summed E-state index contributed by atoms with van der Waals surface area (Å²) in [5.74, 6) is -6.24. The van der Waals surface area contributed by atoms with Crippen LogP contribution < -0.4 is 11.1 Å². The van der Waals surface area contributed by atoms with Crippen LogP contribution >= 0.6 is 0 Å². The SMILES string of the molecule is Nc1ccc(C(=O)Nc2cc(F)c(F)c(F)c2)cc1S(=O)(=O)C1C2CCC1CC(O)(CO)C2. The highest BCUT2D eigenvalue weighted by atomic mass is 32.2. The molecule has 11 heteroatoms. The molecule has 0 saturated heterocycles. The monoisotopic (exact) mass is 484 g/mol. The molecule has 2 aliphatic carbocycles. The van der Waals surface area contributed by atoms with E-state index in [9.17, 15) is 36.6 Å². The number of fused-ring (bicyclic) bond motifs is 2. The molecule has 2 saturated carbocycles. The van der Waals surface area contributed by atoms with Crippen molar-refractivity contribution < 1.29 is 36.6 Å². The molecule has 5 N–H and O–H groups in total. The predicted octanol–water partition coefficient (Wildman–Crippen LogP) is 2.62. The molecule has 0 spiro atoms. The van der Waals surface area contributed by atoms with Crippen molar-refractivity contribution in [3.05, 3.63) is 53.3 Å². The summed E-state index contributed by atoms with van der Waals surface area (Å²) in [6.45, 7) is -0.449. The van der Waals surface area contributed by atoms with E-state index < -0.39 is 50.7 Å². The number of rotatable bonds is 5. The van der Waals surface area contributed by atoms with Gasteiger partial charge in [0.25, 0.3) is 5.91 Å². The van der Waals surface area contributed by atoms with Crippen molar-refractivity contribution in [2.75, 3.05) is 17.7 Å². The molecule has 2 aromatic rings. The van der Waals surface area contributed by atoms with Gasteiger partial charge in [-0.15, -0.1) is 0 Å². The lowest BCUT2D eigenvalue weighted by Crippen LogP contribution is -2.48. The Morgan fingerprint density at radius 3 is 2.21 bits per heavy atom. The Labute approximate surface area is 188 Å². The van der Waals surface area contributed by atoms with Crippen molar-refractivity contribution in [2.24, 2.45) is 11.8 Å². The van der Waals surface area contributed by atoms with Gasteiger partial charge in [-0.05, 0) is 55.7 Å². The number of aliphatic hydroxyl groups excluding tert-OH is 1. The van der Waals surface area contributed by atoms with Gasteiger partial charge in [-0.25, -0.2) is 21.6 Å². The van der Waals surface area contributed by atoms with E-state index in [1.54, 1.807) is 0 Å². The molecule has 2 unspecified atom stereocenters. The number of sulfone groups is 1. The van der Waals surface area contributed by atoms with Crippen LogP contribution in [0.3, 0.4) is 0 Å². The van der Waals surface area contributed by atoms with Crippen LogP contribution in [0.25, 0.3) is 0 Å². The Morgan fingerprint density at radius 2 is 1.67 bits per heavy atom. The quantitative estimate of drug-likeness (QED) is 0.381. The zero-order valence-corrected chi connectivity index (χ0v) is 18.2. The Kier molecular flexibility index (Phi) is 5.92. The molecule has 2 fully saturated rings. The van der Waals surface area contributed by atoms with Crippen LogP contribution in [-0.4, -0.2) is 42.0 Å². The Balaban J connectivity index is 1.63. The van der Waals surface area contributed by atoms with E-state index in [1.807, 2.05) is 0 Å². The Hall–Kier alpha value is -2.63. The number of benzene rings is 2. The maximum Gasteiger partial charge on any atom is 0.255 e. The second kappa shape index (κ2) is 8.30. The fraction of sp³-hybridized carbons (Fsp3) is 0.409. The summed E-state index contributed by atoms with van der Waals surface area (Å²) in [6, 6.07) is 4.82. The molecular weight excluding hydrogens is 461 g/mol. The van der Waals surface area contributed by atoms with E-state index in [2.05, 4.69) is 5.32 Å². The first kappa shape index (κ1) is 23.5. The summed E-state index contributed by atoms with van der Waals surface area (Å²) < 4.78 is 67.1. The van der Waals surface area contributed by atoms with Gasteiger partial charge in [0.2, 0.25) is 0 Å². The van der Waals surface area contributed by atoms with Gasteiger partial charge in [0.05, 0.1) is 28.0 Å². The number of amides is 1. The van der Waals surface area contributed by atoms with Crippen LogP contribution in [0.4, 0.5) is 24.5 Å². The van der Waals surface area contributed by atoms with Crippen LogP contribution in [-0.2, 0) is 9.84 Å². The van der Waals surface area contributed by atoms with Crippen molar-refractivity contribution >= 4 is 27.1 Å². The number of nitrogen functional groups attached to an aromatic ring is 1. The molecule has 0 aliphatic heterocycles. The number of carbonyl (C=O) groups excluding carboxylic acids is 1. The highest BCUT2D eigenvalue weighted by Gasteiger charge is 2.54. The molecule has 2 aromatic carbocycles. The van der Waals surface area contributed by atoms with Gasteiger partial charge in [0.1, 0.15) is 0 Å². The van der Waals surface area contributed by atoms with Gasteiger partial charge in [-0.3, -0.25) is 4.79 Å². The zero-order valence-electron chi connectivity index (χ0n) is 17.4. The van der Waals surface area contributed by atoms with Gasteiger partial charge in [0, 0.05) is 23.4 Å². The largest absolute Gasteiger partial charge is 0.398 e. The second-order valence-corrected chi connectivity index (χ2v) is 10.9. The molecule has 0 radical (unpaired) electrons. The fourth-order valence-corrected chi connectivity index (χ4v) is 7.63. The van der Waals surface area contributed by atoms with Gasteiger partial charge in [-0.1, -0.05) is 0 Å². The van der Waals surface area contributed by atoms with Crippen LogP contribution in [0, 0.1) is 29.3 Å². The van der Waals surface area contributed by atoms with Crippen molar-refractivity contribution in [2.45, 2.75) is 41.4 Å². The van der Waals surface area contributed by atoms with E-state index in [1.165, 1.54) is 12.1 Å². The predicted molar refractivity (Wildman–Crippen MR) is 114 cm³/mol. The maximum atomic E-state index is 13.5. The fourth-order valence-electron chi connectivity index (χ4n) is 5.17. The van der Waals surface area contributed by atoms with Crippen molar-refractivity contribution in [1.82, 2.24) is 0 Å². The lowest BCUT2D eigenvalue weighted by Gasteiger charge is -2.39. The van der Waals surface area contributed by atoms with E-state index in [0.29, 0.717) is 25.0 Å². The third-order valence-electron chi connectivity index (χ3n) is 6.60. The minimum Gasteiger partial charge on any atom is -0.398 e. The second-order valence-electron chi connectivity index (χ2n) is 8.86. The molecule has 7 nitrogen and oxygen atoms in total. The molecule has 2 bridgehead atoms. The first-order chi connectivity index (χ1) is 15.4. The van der Waals surface area contributed by atoms with Crippen molar-refractivity contribution in [3.8, 4) is 0 Å². The summed E-state index contributed by atoms with van der Waals surface area (Å²) in [4.78, 5) is 12.4. The van der Waals surface area contributed by atoms with Crippen LogP contribution in [0.1, 0.15) is 36.0 Å². The number of hydrogen-bond donors (Lipinski definition) is 4. The number of anilines is 2. The van der Waals surface area contributed by atoms with E-state index in [4.69, 9.17) is 5.73 Å². The Morgan fingerprint density at radius 1 is 1.09 bits per heavy atom. The zero-order chi connectivity index (χ0) is 24.1. The molecule has 0 aromatic heterocycles. The van der Waals surface area contributed by atoms with Crippen molar-refractivity contribution in [1.29, 1.82) is 0 Å². The first-order valence-corrected chi connectivity index (χ1v) is 11.9. The van der Waals surface area contributed by atoms with E-state index in [-0.39, 0.29) is 46.5 Å². The van der Waals surface area contributed by atoms with Crippen LogP contribution in [0.5, 0.6) is 0 Å². The standard InChI is InChI=1S/C22H23F3N2O5S/c23-15-6-14(7-16(24)19(15)25)27-21(29)11-3-4-17(26)18(5-11)33(31,32)20-12-1-2-13(20)9-22(30,8-12)10-28/h3-7,12-13,20,28,30H,1-2,8-10,26H2,(H,27,29). The van der Waals surface area contributed by atoms with Crippen LogP contribution in [0.2, 0.25) is 0 Å². The highest BCUT2D eigenvalue weighted by Crippen LogP contribution is 2.51. The molecule has 2 atom stereocenters. The van der Waals surface area contributed by atoms with Crippen LogP contribution in [0.15, 0.2) is 35.2 Å². The third-order valence-corrected chi connectivity index (χ3v) is 9.05. The normalized spacial score (nSPS) is 26.9. The minimum absolute atomic E-state index is 0.0622. The van der Waals surface area contributed by atoms with E-state index in [0.717, 1.165) is 6.07 Å². The average molecular weight is 484 g/mol. The third kappa shape index (κ3) is 4.20. The number of hydrogen-bond acceptors (Lipinski definition) is 6. The number of nitrogens with one attached hydrogen (secondary N) is 1. The lowest BCUT2D eigenvalue weighted by atomic mass is 9.77. The smallest absolute Gasteiger partial charge is 0.255 e. The molecule has 33 heavy (non-hydrogen) atoms. The molecule has 178 valence electrons. The minimum atomic E-state index is -4.00. The van der Waals surface area contributed by atoms with Crippen molar-refractivity contribution in [3.63, 3.8) is 0 Å². The number of aliphatic hydroxyl groups is 2. The Bertz CT molecular complexity index is 1180. The summed E-state index contributed by atoms with van der Waals surface area (Å²) in [5.41, 5.74) is 4.10. The summed E-state index contributed by atoms with van der Waals surface area (Å²) in [6.07, 6.45) is 1.45. The molecule has 4 rings (SSSR count). The first-order valence-electron chi connectivity index (χ1n) is 10.4. The van der Waals surface area contributed by atoms with Gasteiger partial charge >= 0.3 is 0 Å². The number of nitrogens with two attached hydrogens (primary N) is 1. The number of carbonyl (C=O) groups is 1. The van der Waals surface area contributed by atoms with Gasteiger partial charge in [0.15, 0.2) is 27.3 Å². The summed E-state index contributed by atoms with van der Waals surface area (Å²) >= 11 is 0. The summed E-state index contributed by atoms with van der Waals surface area (Å²) in [5, 5.41) is 21.4. The average Bonchev–Trinajstić information content (AvgIpc) is 3.05. The molecular formula is C22H23F3N2O5S. The topological polar surface area (TPSA) is 130 Å².